The Balaban J connectivity index is 2.77. The van der Waals surface area contributed by atoms with Crippen molar-refractivity contribution in [1.82, 2.24) is 0 Å². The van der Waals surface area contributed by atoms with Crippen LogP contribution in [0.2, 0.25) is 0 Å². The number of carbonyl (C=O) groups excluding carboxylic acids is 1. The average molecular weight is 226 g/mol. The van der Waals surface area contributed by atoms with E-state index >= 15 is 0 Å². The minimum atomic E-state index is -1.12. The summed E-state index contributed by atoms with van der Waals surface area (Å²) in [6, 6.07) is 5.30. The number of amides is 1. The summed E-state index contributed by atoms with van der Waals surface area (Å²) in [6.45, 7) is 1.83. The third-order valence-corrected chi connectivity index (χ3v) is 2.65. The Kier molecular flexibility index (Phi) is 3.85. The number of benzene rings is 1. The monoisotopic (exact) mass is 226 g/mol. The van der Waals surface area contributed by atoms with Gasteiger partial charge in [0, 0.05) is 28.4 Å². The lowest BCUT2D eigenvalue weighted by molar-refractivity contribution is -0.113. The van der Waals surface area contributed by atoms with Gasteiger partial charge in [-0.1, -0.05) is 6.07 Å². The van der Waals surface area contributed by atoms with E-state index in [1.165, 1.54) is 6.26 Å². The molecule has 0 spiro atoms. The molecule has 0 saturated heterocycles. The topological polar surface area (TPSA) is 72.2 Å². The first kappa shape index (κ1) is 11.7. The highest BCUT2D eigenvalue weighted by atomic mass is 32.2. The van der Waals surface area contributed by atoms with E-state index < -0.39 is 10.8 Å². The van der Waals surface area contributed by atoms with Gasteiger partial charge in [0.15, 0.2) is 0 Å². The van der Waals surface area contributed by atoms with Crippen molar-refractivity contribution in [3.63, 3.8) is 0 Å². The number of hydrogen-bond donors (Lipinski definition) is 2. The fraction of sp³-hybridized carbons (Fsp3) is 0.300. The summed E-state index contributed by atoms with van der Waals surface area (Å²) in [7, 11) is -1.12. The number of nitrogens with one attached hydrogen (secondary N) is 1. The van der Waals surface area contributed by atoms with E-state index in [1.807, 2.05) is 6.92 Å². The third kappa shape index (κ3) is 3.36. The average Bonchev–Trinajstić information content (AvgIpc) is 2.11. The molecule has 1 unspecified atom stereocenters. The van der Waals surface area contributed by atoms with E-state index in [0.717, 1.165) is 5.56 Å². The number of anilines is 2. The molecule has 1 rings (SSSR count). The van der Waals surface area contributed by atoms with Gasteiger partial charge < -0.3 is 11.1 Å². The fourth-order valence-electron chi connectivity index (χ4n) is 1.16. The number of nitrogen functional groups attached to an aromatic ring is 1. The first-order valence-corrected chi connectivity index (χ1v) is 6.18. The van der Waals surface area contributed by atoms with Gasteiger partial charge in [-0.3, -0.25) is 9.00 Å². The van der Waals surface area contributed by atoms with Gasteiger partial charge in [-0.05, 0) is 24.6 Å². The quantitative estimate of drug-likeness (QED) is 0.752. The second-order valence-electron chi connectivity index (χ2n) is 3.29. The number of hydrogen-bond acceptors (Lipinski definition) is 3. The second-order valence-corrected chi connectivity index (χ2v) is 4.72. The maximum absolute atomic E-state index is 11.3. The zero-order chi connectivity index (χ0) is 11.4. The van der Waals surface area contributed by atoms with Crippen molar-refractivity contribution in [1.29, 1.82) is 0 Å². The fourth-order valence-corrected chi connectivity index (χ4v) is 1.60. The van der Waals surface area contributed by atoms with E-state index in [0.29, 0.717) is 11.4 Å². The molecule has 5 heteroatoms. The van der Waals surface area contributed by atoms with Crippen molar-refractivity contribution in [2.24, 2.45) is 0 Å². The number of carbonyl (C=O) groups is 1. The molecule has 0 fully saturated rings. The lowest BCUT2D eigenvalue weighted by Gasteiger charge is -2.09. The molecule has 1 aromatic carbocycles. The third-order valence-electron chi connectivity index (χ3n) is 1.98. The van der Waals surface area contributed by atoms with E-state index in [2.05, 4.69) is 5.32 Å². The largest absolute Gasteiger partial charge is 0.398 e. The minimum absolute atomic E-state index is 0.00817. The standard InChI is InChI=1S/C10H14N2O2S/c1-7-8(11)4-3-5-9(7)12-10(13)6-15(2)14/h3-5H,6,11H2,1-2H3,(H,12,13). The molecule has 0 bridgehead atoms. The number of nitrogens with two attached hydrogens (primary N) is 1. The summed E-state index contributed by atoms with van der Waals surface area (Å²) in [6.07, 6.45) is 1.49. The smallest absolute Gasteiger partial charge is 0.236 e. The van der Waals surface area contributed by atoms with Crippen molar-refractivity contribution >= 4 is 28.1 Å². The van der Waals surface area contributed by atoms with Crippen LogP contribution in [0.25, 0.3) is 0 Å². The van der Waals surface area contributed by atoms with Crippen LogP contribution < -0.4 is 11.1 Å². The zero-order valence-corrected chi connectivity index (χ0v) is 9.56. The normalized spacial score (nSPS) is 12.1. The molecule has 0 aliphatic carbocycles. The number of rotatable bonds is 3. The Morgan fingerprint density at radius 2 is 2.20 bits per heavy atom. The van der Waals surface area contributed by atoms with E-state index in [4.69, 9.17) is 5.73 Å². The van der Waals surface area contributed by atoms with Crippen LogP contribution in [0.15, 0.2) is 18.2 Å². The van der Waals surface area contributed by atoms with E-state index in [-0.39, 0.29) is 11.7 Å². The summed E-state index contributed by atoms with van der Waals surface area (Å²) in [5.41, 5.74) is 7.81. The molecule has 1 atom stereocenters. The van der Waals surface area contributed by atoms with Gasteiger partial charge in [-0.15, -0.1) is 0 Å². The van der Waals surface area contributed by atoms with Gasteiger partial charge in [0.1, 0.15) is 5.75 Å². The van der Waals surface area contributed by atoms with Crippen LogP contribution in [0.4, 0.5) is 11.4 Å². The predicted octanol–water partition coefficient (Wildman–Crippen LogP) is 0.894. The Hall–Kier alpha value is -1.36. The highest BCUT2D eigenvalue weighted by Crippen LogP contribution is 2.20. The van der Waals surface area contributed by atoms with Crippen LogP contribution in [-0.4, -0.2) is 22.1 Å². The molecule has 0 heterocycles. The Morgan fingerprint density at radius 1 is 1.53 bits per heavy atom. The lowest BCUT2D eigenvalue weighted by Crippen LogP contribution is -2.19. The summed E-state index contributed by atoms with van der Waals surface area (Å²) in [5.74, 6) is -0.252. The molecule has 3 N–H and O–H groups in total. The highest BCUT2D eigenvalue weighted by Gasteiger charge is 2.07. The van der Waals surface area contributed by atoms with Crippen molar-refractivity contribution in [2.45, 2.75) is 6.92 Å². The molecule has 0 aliphatic heterocycles. The highest BCUT2D eigenvalue weighted by molar-refractivity contribution is 7.85. The molecular weight excluding hydrogens is 212 g/mol. The van der Waals surface area contributed by atoms with Gasteiger partial charge in [-0.25, -0.2) is 0 Å². The summed E-state index contributed by atoms with van der Waals surface area (Å²) in [4.78, 5) is 11.3. The molecule has 0 radical (unpaired) electrons. The van der Waals surface area contributed by atoms with Crippen molar-refractivity contribution in [3.8, 4) is 0 Å². The van der Waals surface area contributed by atoms with Crippen molar-refractivity contribution in [2.75, 3.05) is 23.1 Å². The van der Waals surface area contributed by atoms with Gasteiger partial charge in [0.2, 0.25) is 5.91 Å². The van der Waals surface area contributed by atoms with Crippen LogP contribution >= 0.6 is 0 Å². The van der Waals surface area contributed by atoms with E-state index in [1.54, 1.807) is 18.2 Å². The molecule has 1 amide bonds. The maximum Gasteiger partial charge on any atom is 0.236 e. The Bertz CT molecular complexity index is 404. The van der Waals surface area contributed by atoms with Crippen LogP contribution in [0, 0.1) is 6.92 Å². The van der Waals surface area contributed by atoms with Crippen LogP contribution in [0.3, 0.4) is 0 Å². The van der Waals surface area contributed by atoms with Crippen molar-refractivity contribution < 1.29 is 9.00 Å². The first-order valence-electron chi connectivity index (χ1n) is 4.45. The molecule has 82 valence electrons. The van der Waals surface area contributed by atoms with Crippen LogP contribution in [0.5, 0.6) is 0 Å². The van der Waals surface area contributed by atoms with E-state index in [9.17, 15) is 9.00 Å². The Morgan fingerprint density at radius 3 is 2.80 bits per heavy atom. The molecule has 15 heavy (non-hydrogen) atoms. The molecule has 0 saturated carbocycles. The maximum atomic E-state index is 11.3. The zero-order valence-electron chi connectivity index (χ0n) is 8.74. The predicted molar refractivity (Wildman–Crippen MR) is 63.2 cm³/mol. The molecular formula is C10H14N2O2S. The summed E-state index contributed by atoms with van der Waals surface area (Å²) >= 11 is 0. The lowest BCUT2D eigenvalue weighted by atomic mass is 10.1. The second kappa shape index (κ2) is 4.93. The van der Waals surface area contributed by atoms with Gasteiger partial charge in [-0.2, -0.15) is 0 Å². The molecule has 4 nitrogen and oxygen atoms in total. The summed E-state index contributed by atoms with van der Waals surface area (Å²) in [5, 5.41) is 2.67. The van der Waals surface area contributed by atoms with Crippen LogP contribution in [-0.2, 0) is 15.6 Å². The molecule has 0 aliphatic rings. The SMILES string of the molecule is Cc1c(N)cccc1NC(=O)CS(C)=O. The van der Waals surface area contributed by atoms with Gasteiger partial charge >= 0.3 is 0 Å². The Labute approximate surface area is 91.3 Å². The molecule has 0 aromatic heterocycles. The van der Waals surface area contributed by atoms with Crippen molar-refractivity contribution in [3.05, 3.63) is 23.8 Å². The van der Waals surface area contributed by atoms with Gasteiger partial charge in [0.05, 0.1) is 0 Å². The van der Waals surface area contributed by atoms with Crippen LogP contribution in [0.1, 0.15) is 5.56 Å². The first-order chi connectivity index (χ1) is 7.00. The summed E-state index contributed by atoms with van der Waals surface area (Å²) < 4.78 is 10.8. The molecule has 1 aromatic rings. The minimum Gasteiger partial charge on any atom is -0.398 e. The van der Waals surface area contributed by atoms with Gasteiger partial charge in [0.25, 0.3) is 0 Å².